The molecule has 2 aromatic rings. The van der Waals surface area contributed by atoms with Crippen molar-refractivity contribution < 1.29 is 4.74 Å². The maximum atomic E-state index is 5.86. The molecule has 1 heterocycles. The van der Waals surface area contributed by atoms with Gasteiger partial charge in [-0.25, -0.2) is 0 Å². The van der Waals surface area contributed by atoms with Crippen LogP contribution in [-0.4, -0.2) is 12.0 Å². The van der Waals surface area contributed by atoms with Crippen LogP contribution in [0.1, 0.15) is 29.8 Å². The maximum absolute atomic E-state index is 5.86. The summed E-state index contributed by atoms with van der Waals surface area (Å²) in [5, 5.41) is 3.16. The van der Waals surface area contributed by atoms with E-state index in [2.05, 4.69) is 47.0 Å². The fourth-order valence-corrected chi connectivity index (χ4v) is 2.19. The molecule has 0 aliphatic rings. The van der Waals surface area contributed by atoms with Crippen LogP contribution >= 0.6 is 15.9 Å². The van der Waals surface area contributed by atoms with Crippen molar-refractivity contribution in [3.63, 3.8) is 0 Å². The van der Waals surface area contributed by atoms with Crippen LogP contribution in [0.4, 0.5) is 0 Å². The van der Waals surface area contributed by atoms with Crippen molar-refractivity contribution in [2.24, 2.45) is 0 Å². The number of halogens is 1. The van der Waals surface area contributed by atoms with Gasteiger partial charge < -0.3 is 10.1 Å². The minimum Gasteiger partial charge on any atom is -0.456 e. The number of nitrogens with zero attached hydrogens (tertiary/aromatic N) is 1. The van der Waals surface area contributed by atoms with Crippen molar-refractivity contribution in [3.05, 3.63) is 51.8 Å². The van der Waals surface area contributed by atoms with Crippen LogP contribution in [0.15, 0.2) is 34.9 Å². The molecule has 0 bridgehead atoms. The molecule has 1 unspecified atom stereocenters. The third kappa shape index (κ3) is 3.38. The molecule has 0 spiro atoms. The number of hydrogen-bond donors (Lipinski definition) is 1. The minimum atomic E-state index is 0.237. The van der Waals surface area contributed by atoms with Gasteiger partial charge in [-0.15, -0.1) is 0 Å². The number of aryl methyl sites for hydroxylation is 2. The SMILES string of the molecule is CNC(C)c1ccc(Oc2cc(C)c(Br)c(C)c2)cn1. The van der Waals surface area contributed by atoms with Crippen molar-refractivity contribution in [2.75, 3.05) is 7.05 Å². The number of benzene rings is 1. The van der Waals surface area contributed by atoms with Gasteiger partial charge in [0.25, 0.3) is 0 Å². The van der Waals surface area contributed by atoms with Crippen molar-refractivity contribution in [1.29, 1.82) is 0 Å². The van der Waals surface area contributed by atoms with Crippen LogP contribution in [0.3, 0.4) is 0 Å². The van der Waals surface area contributed by atoms with E-state index in [9.17, 15) is 0 Å². The lowest BCUT2D eigenvalue weighted by Crippen LogP contribution is -2.13. The zero-order valence-electron chi connectivity index (χ0n) is 12.2. The average Bonchev–Trinajstić information content (AvgIpc) is 2.44. The molecule has 1 aromatic heterocycles. The molecule has 0 saturated carbocycles. The first-order valence-electron chi connectivity index (χ1n) is 6.59. The normalized spacial score (nSPS) is 12.2. The van der Waals surface area contributed by atoms with Crippen molar-refractivity contribution >= 4 is 15.9 Å². The topological polar surface area (TPSA) is 34.1 Å². The summed E-state index contributed by atoms with van der Waals surface area (Å²) >= 11 is 3.56. The third-order valence-corrected chi connectivity index (χ3v) is 4.53. The molecule has 20 heavy (non-hydrogen) atoms. The van der Waals surface area contributed by atoms with Crippen LogP contribution in [0.25, 0.3) is 0 Å². The maximum Gasteiger partial charge on any atom is 0.145 e. The zero-order valence-corrected chi connectivity index (χ0v) is 13.8. The van der Waals surface area contributed by atoms with Crippen LogP contribution < -0.4 is 10.1 Å². The number of pyridine rings is 1. The number of ether oxygens (including phenoxy) is 1. The van der Waals surface area contributed by atoms with Gasteiger partial charge in [-0.1, -0.05) is 15.9 Å². The lowest BCUT2D eigenvalue weighted by atomic mass is 10.1. The van der Waals surface area contributed by atoms with E-state index in [1.54, 1.807) is 6.20 Å². The summed E-state index contributed by atoms with van der Waals surface area (Å²) in [6, 6.07) is 8.20. The second-order valence-electron chi connectivity index (χ2n) is 4.90. The Kier molecular flexibility index (Phi) is 4.78. The zero-order chi connectivity index (χ0) is 14.7. The monoisotopic (exact) mass is 334 g/mol. The molecular formula is C16H19BrN2O. The van der Waals surface area contributed by atoms with Crippen molar-refractivity contribution in [3.8, 4) is 11.5 Å². The van der Waals surface area contributed by atoms with Crippen molar-refractivity contribution in [1.82, 2.24) is 10.3 Å². The second-order valence-corrected chi connectivity index (χ2v) is 5.70. The summed E-state index contributed by atoms with van der Waals surface area (Å²) in [6.07, 6.45) is 1.76. The molecule has 1 atom stereocenters. The van der Waals surface area contributed by atoms with Gasteiger partial charge in [0.15, 0.2) is 0 Å². The van der Waals surface area contributed by atoms with E-state index in [1.165, 1.54) is 0 Å². The summed E-state index contributed by atoms with van der Waals surface area (Å²) < 4.78 is 6.99. The quantitative estimate of drug-likeness (QED) is 0.891. The highest BCUT2D eigenvalue weighted by Gasteiger charge is 2.06. The molecule has 3 nitrogen and oxygen atoms in total. The summed E-state index contributed by atoms with van der Waals surface area (Å²) in [5.41, 5.74) is 3.32. The molecule has 106 valence electrons. The van der Waals surface area contributed by atoms with Crippen LogP contribution in [-0.2, 0) is 0 Å². The first kappa shape index (κ1) is 15.0. The van der Waals surface area contributed by atoms with E-state index < -0.39 is 0 Å². The highest BCUT2D eigenvalue weighted by atomic mass is 79.9. The fraction of sp³-hybridized carbons (Fsp3) is 0.312. The lowest BCUT2D eigenvalue weighted by molar-refractivity contribution is 0.477. The predicted molar refractivity (Wildman–Crippen MR) is 85.4 cm³/mol. The van der Waals surface area contributed by atoms with Gasteiger partial charge in [0.2, 0.25) is 0 Å². The summed E-state index contributed by atoms with van der Waals surface area (Å²) in [4.78, 5) is 4.41. The smallest absolute Gasteiger partial charge is 0.145 e. The minimum absolute atomic E-state index is 0.237. The molecule has 1 aromatic carbocycles. The highest BCUT2D eigenvalue weighted by molar-refractivity contribution is 9.10. The Morgan fingerprint density at radius 2 is 1.80 bits per heavy atom. The molecule has 4 heteroatoms. The molecule has 0 fully saturated rings. The van der Waals surface area contributed by atoms with E-state index in [-0.39, 0.29) is 6.04 Å². The molecule has 0 aliphatic heterocycles. The van der Waals surface area contributed by atoms with E-state index in [4.69, 9.17) is 4.74 Å². The molecule has 0 saturated heterocycles. The molecule has 0 aliphatic carbocycles. The molecule has 0 amide bonds. The van der Waals surface area contributed by atoms with Gasteiger partial charge in [0, 0.05) is 10.5 Å². The first-order valence-corrected chi connectivity index (χ1v) is 7.38. The van der Waals surface area contributed by atoms with E-state index in [0.717, 1.165) is 32.8 Å². The standard InChI is InChI=1S/C16H19BrN2O/c1-10-7-14(8-11(2)16(10)17)20-13-5-6-15(19-9-13)12(3)18-4/h5-9,12,18H,1-4H3. The number of rotatable bonds is 4. The summed E-state index contributed by atoms with van der Waals surface area (Å²) in [7, 11) is 1.92. The Morgan fingerprint density at radius 3 is 2.30 bits per heavy atom. The Morgan fingerprint density at radius 1 is 1.15 bits per heavy atom. The molecule has 1 N–H and O–H groups in total. The van der Waals surface area contributed by atoms with Gasteiger partial charge in [-0.3, -0.25) is 4.98 Å². The van der Waals surface area contributed by atoms with Crippen LogP contribution in [0, 0.1) is 13.8 Å². The van der Waals surface area contributed by atoms with Gasteiger partial charge in [0.05, 0.1) is 11.9 Å². The fourth-order valence-electron chi connectivity index (χ4n) is 1.96. The second kappa shape index (κ2) is 6.37. The first-order chi connectivity index (χ1) is 9.51. The van der Waals surface area contributed by atoms with E-state index >= 15 is 0 Å². The number of aromatic nitrogens is 1. The number of nitrogens with one attached hydrogen (secondary N) is 1. The van der Waals surface area contributed by atoms with Crippen molar-refractivity contribution in [2.45, 2.75) is 26.8 Å². The Hall–Kier alpha value is -1.39. The largest absolute Gasteiger partial charge is 0.456 e. The average molecular weight is 335 g/mol. The Balaban J connectivity index is 2.18. The Labute approximate surface area is 128 Å². The Bertz CT molecular complexity index is 573. The molecule has 0 radical (unpaired) electrons. The van der Waals surface area contributed by atoms with E-state index in [0.29, 0.717) is 0 Å². The van der Waals surface area contributed by atoms with Gasteiger partial charge >= 0.3 is 0 Å². The lowest BCUT2D eigenvalue weighted by Gasteiger charge is -2.12. The summed E-state index contributed by atoms with van der Waals surface area (Å²) in [6.45, 7) is 6.18. The van der Waals surface area contributed by atoms with Gasteiger partial charge in [-0.05, 0) is 63.2 Å². The third-order valence-electron chi connectivity index (χ3n) is 3.28. The van der Waals surface area contributed by atoms with Crippen LogP contribution in [0.2, 0.25) is 0 Å². The van der Waals surface area contributed by atoms with Gasteiger partial charge in [-0.2, -0.15) is 0 Å². The van der Waals surface area contributed by atoms with Crippen LogP contribution in [0.5, 0.6) is 11.5 Å². The van der Waals surface area contributed by atoms with Gasteiger partial charge in [0.1, 0.15) is 11.5 Å². The molecular weight excluding hydrogens is 316 g/mol. The van der Waals surface area contributed by atoms with E-state index in [1.807, 2.05) is 31.3 Å². The summed E-state index contributed by atoms with van der Waals surface area (Å²) in [5.74, 6) is 1.58. The molecule has 2 rings (SSSR count). The highest BCUT2D eigenvalue weighted by Crippen LogP contribution is 2.29. The number of hydrogen-bond acceptors (Lipinski definition) is 3. The predicted octanol–water partition coefficient (Wildman–Crippen LogP) is 4.53.